The number of hydrazone groups is 1. The fourth-order valence-electron chi connectivity index (χ4n) is 1.97. The molecule has 0 saturated heterocycles. The summed E-state index contributed by atoms with van der Waals surface area (Å²) in [5, 5.41) is 3.83. The Bertz CT molecular complexity index is 598. The Morgan fingerprint density at radius 3 is 3.00 bits per heavy atom. The summed E-state index contributed by atoms with van der Waals surface area (Å²) in [6.07, 6.45) is 4.10. The molecule has 1 amide bonds. The summed E-state index contributed by atoms with van der Waals surface area (Å²) >= 11 is 0. The first-order valence-electron chi connectivity index (χ1n) is 6.20. The Morgan fingerprint density at radius 1 is 1.47 bits per heavy atom. The lowest BCUT2D eigenvalue weighted by atomic mass is 10.3. The topological polar surface area (TPSA) is 67.7 Å². The van der Waals surface area contributed by atoms with Gasteiger partial charge in [-0.15, -0.1) is 0 Å². The largest absolute Gasteiger partial charge is 0.460 e. The highest BCUT2D eigenvalue weighted by molar-refractivity contribution is 5.92. The van der Waals surface area contributed by atoms with E-state index in [-0.39, 0.29) is 11.7 Å². The zero-order chi connectivity index (χ0) is 13.2. The Hall–Kier alpha value is -2.30. The van der Waals surface area contributed by atoms with Gasteiger partial charge in [0.1, 0.15) is 11.5 Å². The highest BCUT2D eigenvalue weighted by Gasteiger charge is 2.36. The molecule has 0 bridgehead atoms. The molecule has 0 aromatic carbocycles. The number of hydrogen-bond acceptors (Lipinski definition) is 4. The maximum atomic E-state index is 11.5. The molecule has 19 heavy (non-hydrogen) atoms. The monoisotopic (exact) mass is 258 g/mol. The van der Waals surface area contributed by atoms with Crippen molar-refractivity contribution in [2.24, 2.45) is 11.0 Å². The van der Waals surface area contributed by atoms with Crippen LogP contribution in [0.1, 0.15) is 41.3 Å². The van der Waals surface area contributed by atoms with Gasteiger partial charge < -0.3 is 8.83 Å². The average molecular weight is 258 g/mol. The third kappa shape index (κ3) is 2.59. The third-order valence-corrected chi connectivity index (χ3v) is 3.23. The number of amides is 1. The fraction of sp³-hybridized carbons (Fsp3) is 0.286. The Kier molecular flexibility index (Phi) is 2.95. The molecule has 0 unspecified atom stereocenters. The lowest BCUT2D eigenvalue weighted by Gasteiger charge is -1.94. The van der Waals surface area contributed by atoms with Gasteiger partial charge in [0.05, 0.1) is 12.5 Å². The number of nitrogens with one attached hydrogen (secondary N) is 1. The number of carbonyl (C=O) groups excluding carboxylic acids is 1. The molecule has 1 aliphatic rings. The maximum Gasteiger partial charge on any atom is 0.307 e. The van der Waals surface area contributed by atoms with Crippen molar-refractivity contribution in [3.05, 3.63) is 47.8 Å². The van der Waals surface area contributed by atoms with Crippen molar-refractivity contribution in [3.8, 4) is 0 Å². The highest BCUT2D eigenvalue weighted by atomic mass is 16.3. The van der Waals surface area contributed by atoms with Crippen LogP contribution in [0.25, 0.3) is 0 Å². The van der Waals surface area contributed by atoms with E-state index < -0.39 is 0 Å². The molecule has 2 aromatic heterocycles. The maximum absolute atomic E-state index is 11.5. The summed E-state index contributed by atoms with van der Waals surface area (Å²) in [4.78, 5) is 11.5. The number of furan rings is 2. The Morgan fingerprint density at radius 2 is 2.32 bits per heavy atom. The van der Waals surface area contributed by atoms with Crippen molar-refractivity contribution in [3.63, 3.8) is 0 Å². The predicted octanol–water partition coefficient (Wildman–Crippen LogP) is 2.76. The van der Waals surface area contributed by atoms with Crippen molar-refractivity contribution < 1.29 is 13.6 Å². The zero-order valence-corrected chi connectivity index (χ0v) is 10.5. The molecule has 1 aliphatic carbocycles. The van der Waals surface area contributed by atoms with Crippen LogP contribution in [-0.4, -0.2) is 12.1 Å². The second-order valence-corrected chi connectivity index (χ2v) is 4.74. The van der Waals surface area contributed by atoms with Crippen LogP contribution in [0.2, 0.25) is 0 Å². The summed E-state index contributed by atoms with van der Waals surface area (Å²) in [6.45, 7) is 2.20. The summed E-state index contributed by atoms with van der Waals surface area (Å²) in [7, 11) is 0. The lowest BCUT2D eigenvalue weighted by Crippen LogP contribution is -2.16. The molecule has 1 N–H and O–H groups in total. The van der Waals surface area contributed by atoms with Crippen LogP contribution < -0.4 is 5.43 Å². The van der Waals surface area contributed by atoms with E-state index in [4.69, 9.17) is 8.83 Å². The molecule has 0 aliphatic heterocycles. The normalized spacial score (nSPS) is 21.7. The van der Waals surface area contributed by atoms with Crippen molar-refractivity contribution in [1.82, 2.24) is 5.43 Å². The van der Waals surface area contributed by atoms with Crippen LogP contribution in [0.5, 0.6) is 0 Å². The second-order valence-electron chi connectivity index (χ2n) is 4.74. The van der Waals surface area contributed by atoms with Gasteiger partial charge in [-0.3, -0.25) is 4.79 Å². The van der Waals surface area contributed by atoms with Crippen LogP contribution in [0.15, 0.2) is 44.5 Å². The van der Waals surface area contributed by atoms with Gasteiger partial charge in [-0.25, -0.2) is 5.43 Å². The quantitative estimate of drug-likeness (QED) is 0.677. The fourth-order valence-corrected chi connectivity index (χ4v) is 1.97. The van der Waals surface area contributed by atoms with Gasteiger partial charge in [0.15, 0.2) is 5.76 Å². The first-order chi connectivity index (χ1) is 9.24. The van der Waals surface area contributed by atoms with E-state index in [2.05, 4.69) is 17.5 Å². The van der Waals surface area contributed by atoms with Crippen molar-refractivity contribution in [2.45, 2.75) is 19.3 Å². The minimum Gasteiger partial charge on any atom is -0.460 e. The van der Waals surface area contributed by atoms with Gasteiger partial charge in [-0.1, -0.05) is 6.92 Å². The summed E-state index contributed by atoms with van der Waals surface area (Å²) in [6, 6.07) is 7.03. The van der Waals surface area contributed by atoms with Crippen LogP contribution in [-0.2, 0) is 0 Å². The molecule has 2 atom stereocenters. The molecule has 5 nitrogen and oxygen atoms in total. The molecule has 5 heteroatoms. The van der Waals surface area contributed by atoms with Crippen LogP contribution in [0, 0.1) is 5.92 Å². The minimum absolute atomic E-state index is 0.226. The Labute approximate surface area is 110 Å². The molecule has 1 fully saturated rings. The van der Waals surface area contributed by atoms with Gasteiger partial charge in [0.25, 0.3) is 0 Å². The predicted molar refractivity (Wildman–Crippen MR) is 69.0 cm³/mol. The van der Waals surface area contributed by atoms with E-state index in [9.17, 15) is 4.79 Å². The number of carbonyl (C=O) groups is 1. The summed E-state index contributed by atoms with van der Waals surface area (Å²) in [5.74, 6) is 2.71. The average Bonchev–Trinajstić information content (AvgIpc) is 2.90. The van der Waals surface area contributed by atoms with E-state index in [1.165, 1.54) is 18.9 Å². The summed E-state index contributed by atoms with van der Waals surface area (Å²) in [5.41, 5.74) is 2.37. The molecule has 0 spiro atoms. The second kappa shape index (κ2) is 4.76. The molecule has 3 rings (SSSR count). The molecule has 2 heterocycles. The molecular weight excluding hydrogens is 244 g/mol. The standard InChI is InChI=1S/C14H14N2O3/c1-9-7-11(9)12-5-4-10(19-12)8-15-16-14(17)13-3-2-6-18-13/h2-6,8-9,11H,7H2,1H3,(H,16,17)/b15-8-/t9-,11+/m0/s1. The van der Waals surface area contributed by atoms with Crippen LogP contribution >= 0.6 is 0 Å². The summed E-state index contributed by atoms with van der Waals surface area (Å²) < 4.78 is 10.6. The van der Waals surface area contributed by atoms with Gasteiger partial charge in [0.2, 0.25) is 0 Å². The number of nitrogens with zero attached hydrogens (tertiary/aromatic N) is 1. The van der Waals surface area contributed by atoms with E-state index in [0.29, 0.717) is 17.6 Å². The first kappa shape index (κ1) is 11.8. The molecular formula is C14H14N2O3. The molecule has 0 radical (unpaired) electrons. The van der Waals surface area contributed by atoms with Crippen molar-refractivity contribution in [2.75, 3.05) is 0 Å². The minimum atomic E-state index is -0.385. The number of rotatable bonds is 4. The lowest BCUT2D eigenvalue weighted by molar-refractivity contribution is 0.0927. The van der Waals surface area contributed by atoms with Gasteiger partial charge in [-0.05, 0) is 36.6 Å². The SMILES string of the molecule is C[C@H]1C[C@H]1c1ccc(/C=N\NC(=O)c2ccco2)o1. The van der Waals surface area contributed by atoms with E-state index >= 15 is 0 Å². The van der Waals surface area contributed by atoms with Crippen LogP contribution in [0.4, 0.5) is 0 Å². The molecule has 98 valence electrons. The number of hydrogen-bond donors (Lipinski definition) is 1. The Balaban J connectivity index is 1.57. The molecule has 2 aromatic rings. The smallest absolute Gasteiger partial charge is 0.307 e. The van der Waals surface area contributed by atoms with Crippen molar-refractivity contribution >= 4 is 12.1 Å². The van der Waals surface area contributed by atoms with Crippen LogP contribution in [0.3, 0.4) is 0 Å². The van der Waals surface area contributed by atoms with E-state index in [1.807, 2.05) is 12.1 Å². The van der Waals surface area contributed by atoms with Gasteiger partial charge >= 0.3 is 5.91 Å². The van der Waals surface area contributed by atoms with Gasteiger partial charge in [-0.2, -0.15) is 5.10 Å². The van der Waals surface area contributed by atoms with Gasteiger partial charge in [0, 0.05) is 5.92 Å². The highest BCUT2D eigenvalue weighted by Crippen LogP contribution is 2.47. The van der Waals surface area contributed by atoms with E-state index in [1.54, 1.807) is 12.1 Å². The first-order valence-corrected chi connectivity index (χ1v) is 6.20. The molecule has 1 saturated carbocycles. The van der Waals surface area contributed by atoms with E-state index in [0.717, 1.165) is 5.76 Å². The zero-order valence-electron chi connectivity index (χ0n) is 10.5. The van der Waals surface area contributed by atoms with Crippen molar-refractivity contribution in [1.29, 1.82) is 0 Å². The third-order valence-electron chi connectivity index (χ3n) is 3.23.